The zero-order valence-electron chi connectivity index (χ0n) is 16.5. The highest BCUT2D eigenvalue weighted by atomic mass is 35.5. The van der Waals surface area contributed by atoms with Gasteiger partial charge in [0.15, 0.2) is 0 Å². The van der Waals surface area contributed by atoms with Gasteiger partial charge in [-0.3, -0.25) is 14.4 Å². The van der Waals surface area contributed by atoms with Crippen LogP contribution in [0.1, 0.15) is 36.5 Å². The number of anilines is 1. The van der Waals surface area contributed by atoms with E-state index in [0.717, 1.165) is 0 Å². The lowest BCUT2D eigenvalue weighted by molar-refractivity contribution is -0.150. The highest BCUT2D eigenvalue weighted by Crippen LogP contribution is 2.43. The molecule has 1 N–H and O–H groups in total. The molecule has 1 spiro atoms. The van der Waals surface area contributed by atoms with Gasteiger partial charge in [0.1, 0.15) is 6.10 Å². The Balaban J connectivity index is 1.64. The minimum absolute atomic E-state index is 0.0829. The highest BCUT2D eigenvalue weighted by molar-refractivity contribution is 6.34. The number of nitrogens with zero attached hydrogens (tertiary/aromatic N) is 2. The van der Waals surface area contributed by atoms with E-state index >= 15 is 0 Å². The van der Waals surface area contributed by atoms with Gasteiger partial charge in [-0.1, -0.05) is 11.6 Å². The quantitative estimate of drug-likeness (QED) is 0.775. The zero-order valence-corrected chi connectivity index (χ0v) is 17.2. The van der Waals surface area contributed by atoms with Crippen molar-refractivity contribution in [1.29, 1.82) is 0 Å². The molecule has 1 aromatic rings. The molecule has 1 aromatic carbocycles. The maximum absolute atomic E-state index is 12.9. The van der Waals surface area contributed by atoms with Crippen LogP contribution in [0.5, 0.6) is 0 Å². The third-order valence-electron chi connectivity index (χ3n) is 5.42. The molecule has 8 heteroatoms. The van der Waals surface area contributed by atoms with Gasteiger partial charge in [-0.05, 0) is 45.1 Å². The van der Waals surface area contributed by atoms with Crippen LogP contribution in [0.2, 0.25) is 5.02 Å². The van der Waals surface area contributed by atoms with E-state index in [0.29, 0.717) is 55.2 Å². The maximum Gasteiger partial charge on any atom is 0.312 e. The number of amides is 2. The lowest BCUT2D eigenvalue weighted by Gasteiger charge is -2.36. The van der Waals surface area contributed by atoms with Crippen molar-refractivity contribution in [2.45, 2.75) is 32.3 Å². The van der Waals surface area contributed by atoms with Crippen LogP contribution in [0.3, 0.4) is 0 Å². The van der Waals surface area contributed by atoms with E-state index in [2.05, 4.69) is 5.32 Å². The van der Waals surface area contributed by atoms with Crippen LogP contribution in [0.25, 0.3) is 0 Å². The van der Waals surface area contributed by atoms with Crippen molar-refractivity contribution in [3.63, 3.8) is 0 Å². The van der Waals surface area contributed by atoms with Gasteiger partial charge in [-0.15, -0.1) is 0 Å². The second kappa shape index (κ2) is 8.09. The first kappa shape index (κ1) is 20.6. The number of rotatable bonds is 4. The number of hydrogen-bond acceptors (Lipinski definition) is 5. The van der Waals surface area contributed by atoms with Gasteiger partial charge in [0.05, 0.1) is 16.0 Å². The lowest BCUT2D eigenvalue weighted by Crippen LogP contribution is -2.45. The molecule has 7 nitrogen and oxygen atoms in total. The van der Waals surface area contributed by atoms with Crippen LogP contribution in [-0.4, -0.2) is 67.4 Å². The van der Waals surface area contributed by atoms with Gasteiger partial charge >= 0.3 is 5.97 Å². The standard InChI is InChI=1S/C20H26ClN3O4/c1-13(25)22-14-4-5-16(17(21)10-14)18(26)24-8-6-20(7-9-24)11-15(12-23(2)3)28-19(20)27/h4-5,10,15H,6-9,11-12H2,1-3H3,(H,22,25). The van der Waals surface area contributed by atoms with Crippen LogP contribution in [0, 0.1) is 5.41 Å². The molecule has 2 amide bonds. The van der Waals surface area contributed by atoms with Crippen molar-refractivity contribution in [2.24, 2.45) is 5.41 Å². The van der Waals surface area contributed by atoms with E-state index in [1.807, 2.05) is 19.0 Å². The van der Waals surface area contributed by atoms with Crippen molar-refractivity contribution in [2.75, 3.05) is 39.0 Å². The molecule has 0 aromatic heterocycles. The number of hydrogen-bond donors (Lipinski definition) is 1. The lowest BCUT2D eigenvalue weighted by atomic mass is 9.76. The summed E-state index contributed by atoms with van der Waals surface area (Å²) in [7, 11) is 3.92. The van der Waals surface area contributed by atoms with Crippen molar-refractivity contribution in [3.05, 3.63) is 28.8 Å². The third-order valence-corrected chi connectivity index (χ3v) is 5.73. The molecule has 152 valence electrons. The van der Waals surface area contributed by atoms with Crippen molar-refractivity contribution in [1.82, 2.24) is 9.80 Å². The van der Waals surface area contributed by atoms with Crippen LogP contribution < -0.4 is 5.32 Å². The Labute approximate surface area is 169 Å². The molecule has 2 saturated heterocycles. The predicted octanol–water partition coefficient (Wildman–Crippen LogP) is 2.40. The molecule has 0 saturated carbocycles. The van der Waals surface area contributed by atoms with Crippen LogP contribution in [-0.2, 0) is 14.3 Å². The minimum atomic E-state index is -0.476. The molecular formula is C20H26ClN3O4. The highest BCUT2D eigenvalue weighted by Gasteiger charge is 2.50. The Kier molecular flexibility index (Phi) is 5.95. The average Bonchev–Trinajstić information content (AvgIpc) is 2.88. The fourth-order valence-corrected chi connectivity index (χ4v) is 4.29. The largest absolute Gasteiger partial charge is 0.461 e. The van der Waals surface area contributed by atoms with E-state index in [1.54, 1.807) is 23.1 Å². The van der Waals surface area contributed by atoms with E-state index in [-0.39, 0.29) is 23.9 Å². The first-order valence-corrected chi connectivity index (χ1v) is 9.80. The molecule has 3 rings (SSSR count). The molecule has 28 heavy (non-hydrogen) atoms. The molecule has 2 aliphatic rings. The van der Waals surface area contributed by atoms with E-state index in [9.17, 15) is 14.4 Å². The first-order chi connectivity index (χ1) is 13.2. The fourth-order valence-electron chi connectivity index (χ4n) is 4.03. The number of likely N-dealkylation sites (N-methyl/N-ethyl adjacent to an activating group) is 1. The summed E-state index contributed by atoms with van der Waals surface area (Å²) >= 11 is 6.26. The predicted molar refractivity (Wildman–Crippen MR) is 106 cm³/mol. The first-order valence-electron chi connectivity index (χ1n) is 9.42. The third kappa shape index (κ3) is 4.31. The van der Waals surface area contributed by atoms with Crippen LogP contribution in [0.4, 0.5) is 5.69 Å². The summed E-state index contributed by atoms with van der Waals surface area (Å²) in [4.78, 5) is 40.3. The smallest absolute Gasteiger partial charge is 0.312 e. The Morgan fingerprint density at radius 1 is 1.32 bits per heavy atom. The Hall–Kier alpha value is -2.12. The zero-order chi connectivity index (χ0) is 20.5. The summed E-state index contributed by atoms with van der Waals surface area (Å²) in [6, 6.07) is 4.85. The number of esters is 1. The minimum Gasteiger partial charge on any atom is -0.461 e. The summed E-state index contributed by atoms with van der Waals surface area (Å²) in [5.41, 5.74) is 0.467. The average molecular weight is 408 g/mol. The van der Waals surface area contributed by atoms with Gasteiger partial charge in [0.25, 0.3) is 5.91 Å². The summed E-state index contributed by atoms with van der Waals surface area (Å²) in [6.45, 7) is 3.11. The summed E-state index contributed by atoms with van der Waals surface area (Å²) in [5.74, 6) is -0.498. The molecule has 1 unspecified atom stereocenters. The number of carbonyl (C=O) groups is 3. The Morgan fingerprint density at radius 2 is 2.00 bits per heavy atom. The number of piperidine rings is 1. The van der Waals surface area contributed by atoms with Gasteiger partial charge < -0.3 is 19.9 Å². The van der Waals surface area contributed by atoms with Crippen molar-refractivity contribution >= 4 is 35.1 Å². The second-order valence-corrected chi connectivity index (χ2v) is 8.35. The fraction of sp³-hybridized carbons (Fsp3) is 0.550. The number of carbonyl (C=O) groups excluding carboxylic acids is 3. The summed E-state index contributed by atoms with van der Waals surface area (Å²) in [6.07, 6.45) is 1.82. The maximum atomic E-state index is 12.9. The number of nitrogens with one attached hydrogen (secondary N) is 1. The van der Waals surface area contributed by atoms with Crippen LogP contribution in [0.15, 0.2) is 18.2 Å². The van der Waals surface area contributed by atoms with Crippen molar-refractivity contribution < 1.29 is 19.1 Å². The number of ether oxygens (including phenoxy) is 1. The summed E-state index contributed by atoms with van der Waals surface area (Å²) in [5, 5.41) is 2.94. The van der Waals surface area contributed by atoms with Gasteiger partial charge in [-0.25, -0.2) is 0 Å². The number of likely N-dealkylation sites (tertiary alicyclic amines) is 1. The Bertz CT molecular complexity index is 788. The molecular weight excluding hydrogens is 382 g/mol. The Morgan fingerprint density at radius 3 is 2.57 bits per heavy atom. The van der Waals surface area contributed by atoms with Gasteiger partial charge in [-0.2, -0.15) is 0 Å². The molecule has 0 bridgehead atoms. The number of halogens is 1. The topological polar surface area (TPSA) is 79.0 Å². The molecule has 0 radical (unpaired) electrons. The second-order valence-electron chi connectivity index (χ2n) is 7.94. The normalized spacial score (nSPS) is 21.1. The van der Waals surface area contributed by atoms with E-state index in [4.69, 9.17) is 16.3 Å². The number of benzene rings is 1. The molecule has 2 heterocycles. The molecule has 0 aliphatic carbocycles. The van der Waals surface area contributed by atoms with E-state index in [1.165, 1.54) is 6.92 Å². The molecule has 2 fully saturated rings. The monoisotopic (exact) mass is 407 g/mol. The summed E-state index contributed by atoms with van der Waals surface area (Å²) < 4.78 is 5.57. The molecule has 2 aliphatic heterocycles. The van der Waals surface area contributed by atoms with Crippen molar-refractivity contribution in [3.8, 4) is 0 Å². The van der Waals surface area contributed by atoms with E-state index < -0.39 is 5.41 Å². The SMILES string of the molecule is CC(=O)Nc1ccc(C(=O)N2CCC3(CC2)CC(CN(C)C)OC3=O)c(Cl)c1. The van der Waals surface area contributed by atoms with Crippen LogP contribution >= 0.6 is 11.6 Å². The van der Waals surface area contributed by atoms with Gasteiger partial charge in [0, 0.05) is 38.7 Å². The molecule has 1 atom stereocenters. The van der Waals surface area contributed by atoms with Gasteiger partial charge in [0.2, 0.25) is 5.91 Å². The number of cyclic esters (lactones) is 1.